The van der Waals surface area contributed by atoms with Crippen molar-refractivity contribution in [3.63, 3.8) is 0 Å². The highest BCUT2D eigenvalue weighted by Gasteiger charge is 2.26. The summed E-state index contributed by atoms with van der Waals surface area (Å²) in [5, 5.41) is 9.56. The number of unbranched alkanes of at least 4 members (excludes halogenated alkanes) is 1. The maximum atomic E-state index is 11.6. The van der Waals surface area contributed by atoms with Gasteiger partial charge < -0.3 is 19.5 Å². The minimum absolute atomic E-state index is 0.190. The molecule has 0 saturated carbocycles. The van der Waals surface area contributed by atoms with Crippen LogP contribution in [0.4, 0.5) is 4.79 Å². The second kappa shape index (κ2) is 19.9. The molecule has 6 nitrogen and oxygen atoms in total. The van der Waals surface area contributed by atoms with Gasteiger partial charge in [0.05, 0.1) is 6.61 Å². The Morgan fingerprint density at radius 3 is 2.06 bits per heavy atom. The Labute approximate surface area is 313 Å². The molecule has 0 spiro atoms. The number of benzene rings is 4. The molecule has 1 atom stereocenters. The average molecular weight is 705 g/mol. The molecule has 0 bridgehead atoms. The fourth-order valence-electron chi connectivity index (χ4n) is 6.71. The molecule has 1 amide bonds. The number of ether oxygens (including phenoxy) is 2. The van der Waals surface area contributed by atoms with Crippen LogP contribution in [-0.2, 0) is 13.0 Å². The van der Waals surface area contributed by atoms with Crippen LogP contribution in [0.2, 0.25) is 0 Å². The Kier molecular flexibility index (Phi) is 15.4. The standard InChI is InChI=1S/C46H60N2O4/c1-35(2)47(36(3)4)30-29-42(40-20-14-9-15-21-40)43-33-38(24-27-44(43)52-34-39-18-11-8-12-19-39)17-13-10-16-32-51-41-25-22-37(23-26-41)28-31-48(45(49)50)46(5,6)7/h8-9,11-15,17-27,33,35-36,42H,10,16,28-32,34H2,1-7H3,(H,49,50)/t42-/m1/s1. The van der Waals surface area contributed by atoms with E-state index in [1.165, 1.54) is 16.0 Å². The van der Waals surface area contributed by atoms with Gasteiger partial charge in [-0.05, 0) is 127 Å². The molecule has 0 heterocycles. The first-order valence-electron chi connectivity index (χ1n) is 18.9. The number of nitrogens with zero attached hydrogens (tertiary/aromatic N) is 2. The van der Waals surface area contributed by atoms with E-state index in [-0.39, 0.29) is 5.92 Å². The highest BCUT2D eigenvalue weighted by atomic mass is 16.5. The first-order chi connectivity index (χ1) is 24.9. The van der Waals surface area contributed by atoms with Crippen molar-refractivity contribution in [2.45, 2.75) is 104 Å². The molecule has 4 aromatic carbocycles. The summed E-state index contributed by atoms with van der Waals surface area (Å²) in [7, 11) is 0. The van der Waals surface area contributed by atoms with E-state index < -0.39 is 11.6 Å². The van der Waals surface area contributed by atoms with E-state index in [4.69, 9.17) is 9.47 Å². The molecule has 0 radical (unpaired) electrons. The number of hydrogen-bond acceptors (Lipinski definition) is 4. The molecule has 0 unspecified atom stereocenters. The quantitative estimate of drug-likeness (QED) is 0.0985. The Morgan fingerprint density at radius 2 is 1.44 bits per heavy atom. The van der Waals surface area contributed by atoms with Gasteiger partial charge in [-0.1, -0.05) is 91.0 Å². The van der Waals surface area contributed by atoms with Crippen LogP contribution in [0.25, 0.3) is 6.08 Å². The van der Waals surface area contributed by atoms with E-state index in [9.17, 15) is 9.90 Å². The third kappa shape index (κ3) is 12.6. The van der Waals surface area contributed by atoms with Gasteiger partial charge in [-0.15, -0.1) is 0 Å². The smallest absolute Gasteiger partial charge is 0.407 e. The third-order valence-electron chi connectivity index (χ3n) is 9.53. The summed E-state index contributed by atoms with van der Waals surface area (Å²) in [5.41, 5.74) is 5.50. The Bertz CT molecular complexity index is 1650. The molecule has 0 aromatic heterocycles. The summed E-state index contributed by atoms with van der Waals surface area (Å²) in [6.45, 7) is 17.5. The summed E-state index contributed by atoms with van der Waals surface area (Å²) < 4.78 is 12.6. The summed E-state index contributed by atoms with van der Waals surface area (Å²) in [5.74, 6) is 1.95. The van der Waals surface area contributed by atoms with Crippen molar-refractivity contribution in [1.29, 1.82) is 0 Å². The van der Waals surface area contributed by atoms with Gasteiger partial charge in [0.25, 0.3) is 0 Å². The summed E-state index contributed by atoms with van der Waals surface area (Å²) >= 11 is 0. The van der Waals surface area contributed by atoms with Crippen LogP contribution in [0.1, 0.15) is 101 Å². The lowest BCUT2D eigenvalue weighted by Crippen LogP contribution is -2.45. The van der Waals surface area contributed by atoms with Crippen LogP contribution in [0, 0.1) is 0 Å². The molecular weight excluding hydrogens is 645 g/mol. The maximum Gasteiger partial charge on any atom is 0.407 e. The predicted octanol–water partition coefficient (Wildman–Crippen LogP) is 11.1. The Hall–Kier alpha value is -4.55. The molecule has 0 fully saturated rings. The second-order valence-corrected chi connectivity index (χ2v) is 15.1. The van der Waals surface area contributed by atoms with Crippen LogP contribution in [0.5, 0.6) is 11.5 Å². The van der Waals surface area contributed by atoms with Crippen molar-refractivity contribution >= 4 is 12.2 Å². The van der Waals surface area contributed by atoms with Crippen LogP contribution in [0.3, 0.4) is 0 Å². The van der Waals surface area contributed by atoms with E-state index in [0.29, 0.717) is 38.3 Å². The largest absolute Gasteiger partial charge is 0.494 e. The SMILES string of the molecule is CC(C)N(CC[C@H](c1ccccc1)c1cc(C=CCCCOc2ccc(CCN(C(=O)O)C(C)(C)C)cc2)ccc1OCc1ccccc1)C(C)C. The lowest BCUT2D eigenvalue weighted by molar-refractivity contribution is 0.101. The molecular formula is C46H60N2O4. The van der Waals surface area contributed by atoms with Crippen molar-refractivity contribution in [1.82, 2.24) is 9.80 Å². The van der Waals surface area contributed by atoms with Gasteiger partial charge in [0.1, 0.15) is 18.1 Å². The number of carbonyl (C=O) groups is 1. The molecule has 1 N–H and O–H groups in total. The normalized spacial score (nSPS) is 12.5. The van der Waals surface area contributed by atoms with Gasteiger partial charge in [0.15, 0.2) is 0 Å². The lowest BCUT2D eigenvalue weighted by Gasteiger charge is -2.33. The number of hydrogen-bond donors (Lipinski definition) is 1. The summed E-state index contributed by atoms with van der Waals surface area (Å²) in [6, 6.07) is 36.8. The lowest BCUT2D eigenvalue weighted by atomic mass is 9.86. The zero-order chi connectivity index (χ0) is 37.5. The summed E-state index contributed by atoms with van der Waals surface area (Å²) in [4.78, 5) is 15.7. The zero-order valence-electron chi connectivity index (χ0n) is 32.4. The van der Waals surface area contributed by atoms with Crippen LogP contribution in [0.15, 0.2) is 109 Å². The highest BCUT2D eigenvalue weighted by molar-refractivity contribution is 5.66. The number of allylic oxidation sites excluding steroid dienone is 1. The van der Waals surface area contributed by atoms with Crippen molar-refractivity contribution in [2.75, 3.05) is 19.7 Å². The van der Waals surface area contributed by atoms with Crippen LogP contribution in [-0.4, -0.2) is 58.3 Å². The molecule has 4 aromatic rings. The fourth-order valence-corrected chi connectivity index (χ4v) is 6.71. The van der Waals surface area contributed by atoms with E-state index in [2.05, 4.69) is 118 Å². The predicted molar refractivity (Wildman–Crippen MR) is 215 cm³/mol. The van der Waals surface area contributed by atoms with Gasteiger partial charge in [-0.2, -0.15) is 0 Å². The highest BCUT2D eigenvalue weighted by Crippen LogP contribution is 2.36. The third-order valence-corrected chi connectivity index (χ3v) is 9.53. The molecule has 278 valence electrons. The average Bonchev–Trinajstić information content (AvgIpc) is 3.11. The summed E-state index contributed by atoms with van der Waals surface area (Å²) in [6.07, 6.45) is 7.01. The van der Waals surface area contributed by atoms with Crippen LogP contribution >= 0.6 is 0 Å². The first kappa shape index (κ1) is 40.2. The van der Waals surface area contributed by atoms with Gasteiger partial charge in [-0.3, -0.25) is 4.90 Å². The molecule has 0 aliphatic rings. The molecule has 52 heavy (non-hydrogen) atoms. The maximum absolute atomic E-state index is 11.6. The van der Waals surface area contributed by atoms with Crippen molar-refractivity contribution < 1.29 is 19.4 Å². The monoisotopic (exact) mass is 704 g/mol. The van der Waals surface area contributed by atoms with E-state index in [0.717, 1.165) is 54.0 Å². The molecule has 4 rings (SSSR count). The van der Waals surface area contributed by atoms with Gasteiger partial charge in [-0.25, -0.2) is 4.79 Å². The minimum atomic E-state index is -0.890. The van der Waals surface area contributed by atoms with Gasteiger partial charge >= 0.3 is 6.09 Å². The Balaban J connectivity index is 1.42. The molecule has 0 aliphatic carbocycles. The van der Waals surface area contributed by atoms with Crippen LogP contribution < -0.4 is 9.47 Å². The molecule has 0 saturated heterocycles. The Morgan fingerprint density at radius 1 is 0.788 bits per heavy atom. The van der Waals surface area contributed by atoms with Crippen molar-refractivity contribution in [3.05, 3.63) is 137 Å². The first-order valence-corrected chi connectivity index (χ1v) is 18.9. The number of amides is 1. The topological polar surface area (TPSA) is 62.2 Å². The molecule has 6 heteroatoms. The van der Waals surface area contributed by atoms with E-state index in [1.54, 1.807) is 0 Å². The minimum Gasteiger partial charge on any atom is -0.494 e. The van der Waals surface area contributed by atoms with Crippen molar-refractivity contribution in [2.24, 2.45) is 0 Å². The van der Waals surface area contributed by atoms with E-state index in [1.807, 2.05) is 51.1 Å². The number of rotatable bonds is 19. The van der Waals surface area contributed by atoms with E-state index >= 15 is 0 Å². The van der Waals surface area contributed by atoms with Gasteiger partial charge in [0.2, 0.25) is 0 Å². The molecule has 0 aliphatic heterocycles. The van der Waals surface area contributed by atoms with Gasteiger partial charge in [0, 0.05) is 35.6 Å². The number of carboxylic acid groups (broad SMARTS) is 1. The second-order valence-electron chi connectivity index (χ2n) is 15.1. The van der Waals surface area contributed by atoms with Crippen molar-refractivity contribution in [3.8, 4) is 11.5 Å². The zero-order valence-corrected chi connectivity index (χ0v) is 32.4. The fraction of sp³-hybridized carbons (Fsp3) is 0.413.